The molecule has 0 spiro atoms. The molecule has 0 fully saturated rings. The number of pyridine rings is 1. The highest BCUT2D eigenvalue weighted by Crippen LogP contribution is 2.12. The maximum absolute atomic E-state index is 10.4. The fraction of sp³-hybridized carbons (Fsp3) is 0.167. The van der Waals surface area contributed by atoms with E-state index < -0.39 is 10.3 Å². The van der Waals surface area contributed by atoms with E-state index in [0.717, 1.165) is 0 Å². The number of rotatable bonds is 3. The monoisotopic (exact) mass is 222 g/mol. The van der Waals surface area contributed by atoms with Crippen molar-refractivity contribution in [2.45, 2.75) is 6.61 Å². The van der Waals surface area contributed by atoms with Crippen molar-refractivity contribution >= 4 is 21.9 Å². The average Bonchev–Trinajstić information content (AvgIpc) is 2.01. The van der Waals surface area contributed by atoms with Crippen LogP contribution in [-0.2, 0) is 21.1 Å². The Morgan fingerprint density at radius 1 is 1.62 bits per heavy atom. The predicted octanol–water partition coefficient (Wildman–Crippen LogP) is 0.455. The van der Waals surface area contributed by atoms with Crippen LogP contribution >= 0.6 is 11.6 Å². The minimum atomic E-state index is -3.93. The van der Waals surface area contributed by atoms with Crippen LogP contribution in [0, 0.1) is 0 Å². The van der Waals surface area contributed by atoms with Crippen LogP contribution in [0.25, 0.3) is 0 Å². The topological polar surface area (TPSA) is 82.3 Å². The molecule has 1 rings (SSSR count). The standard InChI is InChI=1S/C6H7ClN2O3S/c7-6-5(2-1-3-9-6)4-12-13(8,10)11/h1-3H,4H2,(H2,8,10,11). The predicted molar refractivity (Wildman–Crippen MR) is 47.1 cm³/mol. The summed E-state index contributed by atoms with van der Waals surface area (Å²) in [5.41, 5.74) is 0.471. The lowest BCUT2D eigenvalue weighted by molar-refractivity contribution is 0.308. The number of halogens is 1. The zero-order valence-corrected chi connectivity index (χ0v) is 8.05. The minimum Gasteiger partial charge on any atom is -0.253 e. The van der Waals surface area contributed by atoms with E-state index in [9.17, 15) is 8.42 Å². The molecule has 13 heavy (non-hydrogen) atoms. The second-order valence-electron chi connectivity index (χ2n) is 2.21. The van der Waals surface area contributed by atoms with E-state index in [2.05, 4.69) is 14.3 Å². The molecule has 0 aliphatic carbocycles. The molecule has 1 aromatic rings. The number of hydrogen-bond donors (Lipinski definition) is 1. The summed E-state index contributed by atoms with van der Waals surface area (Å²) in [5.74, 6) is 0. The van der Waals surface area contributed by atoms with Crippen LogP contribution in [0.2, 0.25) is 5.15 Å². The van der Waals surface area contributed by atoms with Gasteiger partial charge in [-0.3, -0.25) is 4.18 Å². The van der Waals surface area contributed by atoms with Crippen LogP contribution in [-0.4, -0.2) is 13.4 Å². The molecule has 0 atom stereocenters. The third kappa shape index (κ3) is 3.69. The quantitative estimate of drug-likeness (QED) is 0.753. The molecule has 0 radical (unpaired) electrons. The molecule has 0 unspecified atom stereocenters. The van der Waals surface area contributed by atoms with Gasteiger partial charge in [-0.2, -0.15) is 8.42 Å². The Hall–Kier alpha value is -0.690. The van der Waals surface area contributed by atoms with Crippen LogP contribution in [0.3, 0.4) is 0 Å². The fourth-order valence-corrected chi connectivity index (χ4v) is 1.14. The molecule has 0 bridgehead atoms. The van der Waals surface area contributed by atoms with Crippen molar-refractivity contribution in [3.8, 4) is 0 Å². The molecule has 0 saturated heterocycles. The summed E-state index contributed by atoms with van der Waals surface area (Å²) < 4.78 is 25.1. The highest BCUT2D eigenvalue weighted by Gasteiger charge is 2.05. The van der Waals surface area contributed by atoms with Crippen molar-refractivity contribution in [3.63, 3.8) is 0 Å². The van der Waals surface area contributed by atoms with Crippen molar-refractivity contribution in [1.29, 1.82) is 0 Å². The van der Waals surface area contributed by atoms with Crippen molar-refractivity contribution in [2.24, 2.45) is 5.14 Å². The first-order valence-corrected chi connectivity index (χ1v) is 5.10. The Bertz CT molecular complexity index is 393. The van der Waals surface area contributed by atoms with Crippen LogP contribution < -0.4 is 5.14 Å². The van der Waals surface area contributed by atoms with Crippen LogP contribution in [0.5, 0.6) is 0 Å². The maximum atomic E-state index is 10.4. The molecule has 0 saturated carbocycles. The van der Waals surface area contributed by atoms with E-state index in [4.69, 9.17) is 11.6 Å². The molecule has 7 heteroatoms. The van der Waals surface area contributed by atoms with Crippen molar-refractivity contribution in [2.75, 3.05) is 0 Å². The second kappa shape index (κ2) is 4.01. The van der Waals surface area contributed by atoms with Gasteiger partial charge in [0.15, 0.2) is 0 Å². The molecule has 0 aliphatic rings. The summed E-state index contributed by atoms with van der Waals surface area (Å²) in [7, 11) is -3.93. The number of nitrogens with two attached hydrogens (primary N) is 1. The molecule has 72 valence electrons. The summed E-state index contributed by atoms with van der Waals surface area (Å²) in [6.45, 7) is -0.203. The van der Waals surface area contributed by atoms with Gasteiger partial charge in [0.25, 0.3) is 0 Å². The first-order valence-electron chi connectivity index (χ1n) is 3.25. The van der Waals surface area contributed by atoms with Crippen LogP contribution in [0.1, 0.15) is 5.56 Å². The van der Waals surface area contributed by atoms with Gasteiger partial charge in [0.2, 0.25) is 0 Å². The largest absolute Gasteiger partial charge is 0.333 e. The summed E-state index contributed by atoms with van der Waals surface area (Å²) in [6.07, 6.45) is 1.49. The number of aromatic nitrogens is 1. The molecule has 0 aliphatic heterocycles. The first kappa shape index (κ1) is 10.4. The van der Waals surface area contributed by atoms with Gasteiger partial charge in [-0.15, -0.1) is 0 Å². The fourth-order valence-electron chi connectivity index (χ4n) is 0.673. The van der Waals surface area contributed by atoms with E-state index in [1.54, 1.807) is 12.1 Å². The second-order valence-corrected chi connectivity index (χ2v) is 3.79. The first-order chi connectivity index (χ1) is 5.99. The third-order valence-electron chi connectivity index (χ3n) is 1.22. The van der Waals surface area contributed by atoms with Gasteiger partial charge >= 0.3 is 10.3 Å². The molecule has 5 nitrogen and oxygen atoms in total. The van der Waals surface area contributed by atoms with Crippen LogP contribution in [0.4, 0.5) is 0 Å². The SMILES string of the molecule is NS(=O)(=O)OCc1cccnc1Cl. The average molecular weight is 223 g/mol. The Balaban J connectivity index is 2.71. The Morgan fingerprint density at radius 3 is 2.85 bits per heavy atom. The Labute approximate surface area is 80.7 Å². The number of hydrogen-bond acceptors (Lipinski definition) is 4. The van der Waals surface area contributed by atoms with E-state index in [0.29, 0.717) is 5.56 Å². The third-order valence-corrected chi connectivity index (χ3v) is 2.00. The smallest absolute Gasteiger partial charge is 0.253 e. The normalized spacial score (nSPS) is 11.5. The molecule has 0 aromatic carbocycles. The zero-order chi connectivity index (χ0) is 9.90. The van der Waals surface area contributed by atoms with Gasteiger partial charge < -0.3 is 0 Å². The molecular formula is C6H7ClN2O3S. The minimum absolute atomic E-state index is 0.200. The van der Waals surface area contributed by atoms with E-state index in [1.807, 2.05) is 0 Å². The number of nitrogens with zero attached hydrogens (tertiary/aromatic N) is 1. The maximum Gasteiger partial charge on any atom is 0.333 e. The van der Waals surface area contributed by atoms with Gasteiger partial charge in [0.05, 0.1) is 6.61 Å². The lowest BCUT2D eigenvalue weighted by Gasteiger charge is -2.01. The molecule has 1 aromatic heterocycles. The lowest BCUT2D eigenvalue weighted by atomic mass is 10.3. The van der Waals surface area contributed by atoms with Crippen molar-refractivity contribution in [1.82, 2.24) is 4.98 Å². The van der Waals surface area contributed by atoms with Gasteiger partial charge in [0.1, 0.15) is 5.15 Å². The molecule has 2 N–H and O–H groups in total. The molecule has 1 heterocycles. The highest BCUT2D eigenvalue weighted by molar-refractivity contribution is 7.84. The Kier molecular flexibility index (Phi) is 3.21. The lowest BCUT2D eigenvalue weighted by Crippen LogP contribution is -2.15. The summed E-state index contributed by atoms with van der Waals surface area (Å²) in [5, 5.41) is 4.82. The van der Waals surface area contributed by atoms with Gasteiger partial charge in [0, 0.05) is 11.8 Å². The van der Waals surface area contributed by atoms with E-state index in [1.165, 1.54) is 6.20 Å². The van der Waals surface area contributed by atoms with E-state index in [-0.39, 0.29) is 11.8 Å². The van der Waals surface area contributed by atoms with Gasteiger partial charge in [-0.1, -0.05) is 17.7 Å². The summed E-state index contributed by atoms with van der Waals surface area (Å²) in [6, 6.07) is 3.22. The van der Waals surface area contributed by atoms with Gasteiger partial charge in [-0.05, 0) is 6.07 Å². The highest BCUT2D eigenvalue weighted by atomic mass is 35.5. The summed E-state index contributed by atoms with van der Waals surface area (Å²) >= 11 is 5.63. The van der Waals surface area contributed by atoms with Crippen molar-refractivity contribution in [3.05, 3.63) is 29.0 Å². The zero-order valence-electron chi connectivity index (χ0n) is 6.47. The van der Waals surface area contributed by atoms with Crippen LogP contribution in [0.15, 0.2) is 18.3 Å². The Morgan fingerprint density at radius 2 is 2.31 bits per heavy atom. The van der Waals surface area contributed by atoms with Gasteiger partial charge in [-0.25, -0.2) is 10.1 Å². The van der Waals surface area contributed by atoms with E-state index >= 15 is 0 Å². The summed E-state index contributed by atoms with van der Waals surface area (Å²) in [4.78, 5) is 3.73. The molecular weight excluding hydrogens is 216 g/mol. The van der Waals surface area contributed by atoms with Crippen molar-refractivity contribution < 1.29 is 12.6 Å². The molecule has 0 amide bonds.